The van der Waals surface area contributed by atoms with Gasteiger partial charge in [0, 0.05) is 11.3 Å². The number of aromatic nitrogens is 1. The first-order chi connectivity index (χ1) is 10.9. The molecule has 2 rings (SSSR count). The van der Waals surface area contributed by atoms with E-state index in [9.17, 15) is 9.59 Å². The van der Waals surface area contributed by atoms with E-state index in [1.807, 2.05) is 26.8 Å². The van der Waals surface area contributed by atoms with Gasteiger partial charge in [-0.1, -0.05) is 6.07 Å². The Morgan fingerprint density at radius 3 is 2.52 bits per heavy atom. The number of Topliss-reactive ketones (excluding diaryl/α,β-unsaturated/α-hetero) is 2. The summed E-state index contributed by atoms with van der Waals surface area (Å²) >= 11 is 1.72. The highest BCUT2D eigenvalue weighted by atomic mass is 32.1. The zero-order valence-electron chi connectivity index (χ0n) is 14.4. The Bertz CT molecular complexity index is 701. The number of likely N-dealkylation sites (N-methyl/N-ethyl adjacent to an activating group) is 1. The Balaban J connectivity index is 2.24. The van der Waals surface area contributed by atoms with Crippen LogP contribution in [0.5, 0.6) is 0 Å². The molecule has 2 N–H and O–H groups in total. The third kappa shape index (κ3) is 3.62. The van der Waals surface area contributed by atoms with E-state index in [-0.39, 0.29) is 17.6 Å². The van der Waals surface area contributed by atoms with Crippen LogP contribution in [0.1, 0.15) is 57.8 Å². The molecule has 0 amide bonds. The second-order valence-electron chi connectivity index (χ2n) is 6.04. The molecular weight excluding hydrogens is 308 g/mol. The third-order valence-corrected chi connectivity index (χ3v) is 5.35. The van der Waals surface area contributed by atoms with Crippen LogP contribution in [-0.2, 0) is 6.54 Å². The lowest BCUT2D eigenvalue weighted by molar-refractivity contribution is -0.925. The number of nitrogens with one attached hydrogen (secondary N) is 2. The van der Waals surface area contributed by atoms with Gasteiger partial charge in [-0.25, -0.2) is 0 Å². The molecule has 0 aliphatic heterocycles. The van der Waals surface area contributed by atoms with Crippen LogP contribution in [0.25, 0.3) is 0 Å². The molecule has 1 unspecified atom stereocenters. The second kappa shape index (κ2) is 7.23. The SMILES string of the molecule is CC[NH+](Cc1cccs1)[C@H](C)C(=O)c1[nH]c(C)c(C(C)=O)c1C. The second-order valence-corrected chi connectivity index (χ2v) is 7.07. The number of H-pyrrole nitrogens is 1. The lowest BCUT2D eigenvalue weighted by Gasteiger charge is -2.23. The minimum atomic E-state index is -0.154. The Morgan fingerprint density at radius 2 is 2.04 bits per heavy atom. The number of thiophene rings is 1. The Labute approximate surface area is 141 Å². The van der Waals surface area contributed by atoms with Crippen LogP contribution in [0.4, 0.5) is 0 Å². The zero-order chi connectivity index (χ0) is 17.1. The molecule has 2 aromatic heterocycles. The van der Waals surface area contributed by atoms with E-state index in [1.165, 1.54) is 9.78 Å². The number of aromatic amines is 1. The van der Waals surface area contributed by atoms with Crippen molar-refractivity contribution in [3.8, 4) is 0 Å². The van der Waals surface area contributed by atoms with Crippen LogP contribution in [0.15, 0.2) is 17.5 Å². The van der Waals surface area contributed by atoms with Crippen molar-refractivity contribution in [3.05, 3.63) is 44.9 Å². The summed E-state index contributed by atoms with van der Waals surface area (Å²) in [6.07, 6.45) is 0. The molecule has 4 nitrogen and oxygen atoms in total. The maximum absolute atomic E-state index is 12.9. The molecule has 23 heavy (non-hydrogen) atoms. The van der Waals surface area contributed by atoms with Gasteiger partial charge in [0.05, 0.1) is 17.1 Å². The van der Waals surface area contributed by atoms with Gasteiger partial charge in [-0.3, -0.25) is 9.59 Å². The van der Waals surface area contributed by atoms with Crippen LogP contribution in [0.2, 0.25) is 0 Å². The fourth-order valence-electron chi connectivity index (χ4n) is 3.15. The van der Waals surface area contributed by atoms with Gasteiger partial charge < -0.3 is 9.88 Å². The Morgan fingerprint density at radius 1 is 1.35 bits per heavy atom. The molecule has 0 spiro atoms. The molecule has 0 aliphatic rings. The van der Waals surface area contributed by atoms with E-state index < -0.39 is 0 Å². The molecule has 124 valence electrons. The number of hydrogen-bond acceptors (Lipinski definition) is 3. The van der Waals surface area contributed by atoms with E-state index >= 15 is 0 Å². The summed E-state index contributed by atoms with van der Waals surface area (Å²) in [7, 11) is 0. The maximum atomic E-state index is 12.9. The molecule has 2 atom stereocenters. The van der Waals surface area contributed by atoms with E-state index in [1.54, 1.807) is 18.3 Å². The highest BCUT2D eigenvalue weighted by Crippen LogP contribution is 2.19. The average molecular weight is 333 g/mol. The highest BCUT2D eigenvalue weighted by molar-refractivity contribution is 7.09. The molecule has 0 saturated heterocycles. The minimum absolute atomic E-state index is 0.00114. The van der Waals surface area contributed by atoms with E-state index in [4.69, 9.17) is 0 Å². The first-order valence-electron chi connectivity index (χ1n) is 7.98. The minimum Gasteiger partial charge on any atom is -0.355 e. The summed E-state index contributed by atoms with van der Waals surface area (Å²) in [5, 5.41) is 2.06. The van der Waals surface area contributed by atoms with Crippen LogP contribution in [-0.4, -0.2) is 29.1 Å². The molecular formula is C18H25N2O2S+. The van der Waals surface area contributed by atoms with E-state index in [0.29, 0.717) is 11.3 Å². The van der Waals surface area contributed by atoms with Crippen LogP contribution < -0.4 is 4.90 Å². The van der Waals surface area contributed by atoms with Crippen molar-refractivity contribution in [1.82, 2.24) is 4.98 Å². The van der Waals surface area contributed by atoms with Crippen LogP contribution in [0, 0.1) is 13.8 Å². The summed E-state index contributed by atoms with van der Waals surface area (Å²) in [5.41, 5.74) is 2.79. The quantitative estimate of drug-likeness (QED) is 0.765. The summed E-state index contributed by atoms with van der Waals surface area (Å²) in [4.78, 5) is 30.3. The predicted molar refractivity (Wildman–Crippen MR) is 93.6 cm³/mol. The van der Waals surface area contributed by atoms with Crippen molar-refractivity contribution < 1.29 is 14.5 Å². The topological polar surface area (TPSA) is 54.4 Å². The van der Waals surface area contributed by atoms with E-state index in [0.717, 1.165) is 24.3 Å². The maximum Gasteiger partial charge on any atom is 0.235 e. The molecule has 0 aromatic carbocycles. The fraction of sp³-hybridized carbons (Fsp3) is 0.444. The van der Waals surface area contributed by atoms with Gasteiger partial charge in [0.15, 0.2) is 11.8 Å². The Hall–Kier alpha value is -1.72. The summed E-state index contributed by atoms with van der Waals surface area (Å²) in [6, 6.07) is 3.99. The third-order valence-electron chi connectivity index (χ3n) is 4.48. The smallest absolute Gasteiger partial charge is 0.235 e. The van der Waals surface area contributed by atoms with Crippen molar-refractivity contribution in [3.63, 3.8) is 0 Å². The predicted octanol–water partition coefficient (Wildman–Crippen LogP) is 2.57. The number of hydrogen-bond donors (Lipinski definition) is 2. The van der Waals surface area contributed by atoms with Crippen LogP contribution >= 0.6 is 11.3 Å². The molecule has 0 aliphatic carbocycles. The van der Waals surface area contributed by atoms with Gasteiger partial charge in [-0.05, 0) is 51.6 Å². The standard InChI is InChI=1S/C18H24N2O2S/c1-6-20(10-15-8-7-9-23-15)13(4)18(22)17-11(2)16(14(5)21)12(3)19-17/h7-9,13,19H,6,10H2,1-5H3/p+1/t13-/m1/s1. The molecule has 2 aromatic rings. The molecule has 0 radical (unpaired) electrons. The lowest BCUT2D eigenvalue weighted by atomic mass is 10.0. The number of ketones is 2. The van der Waals surface area contributed by atoms with Crippen molar-refractivity contribution in [1.29, 1.82) is 0 Å². The first-order valence-corrected chi connectivity index (χ1v) is 8.86. The summed E-state index contributed by atoms with van der Waals surface area (Å²) < 4.78 is 0. The van der Waals surface area contributed by atoms with Gasteiger partial charge in [-0.15, -0.1) is 11.3 Å². The monoisotopic (exact) mass is 333 g/mol. The molecule has 0 fully saturated rings. The van der Waals surface area contributed by atoms with Crippen LogP contribution in [0.3, 0.4) is 0 Å². The zero-order valence-corrected chi connectivity index (χ0v) is 15.3. The summed E-state index contributed by atoms with van der Waals surface area (Å²) in [6.45, 7) is 11.0. The van der Waals surface area contributed by atoms with Crippen molar-refractivity contribution >= 4 is 22.9 Å². The lowest BCUT2D eigenvalue weighted by Crippen LogP contribution is -3.14. The van der Waals surface area contributed by atoms with Crippen molar-refractivity contribution in [2.45, 2.75) is 47.2 Å². The number of quaternary nitrogens is 1. The highest BCUT2D eigenvalue weighted by Gasteiger charge is 2.29. The van der Waals surface area contributed by atoms with E-state index in [2.05, 4.69) is 23.4 Å². The Kier molecular flexibility index (Phi) is 5.55. The fourth-order valence-corrected chi connectivity index (χ4v) is 3.91. The van der Waals surface area contributed by atoms with Crippen molar-refractivity contribution in [2.75, 3.05) is 6.54 Å². The largest absolute Gasteiger partial charge is 0.355 e. The molecule has 0 bridgehead atoms. The number of carbonyl (C=O) groups is 2. The van der Waals surface area contributed by atoms with Gasteiger partial charge in [0.1, 0.15) is 6.54 Å². The van der Waals surface area contributed by atoms with Gasteiger partial charge in [0.2, 0.25) is 5.78 Å². The van der Waals surface area contributed by atoms with Crippen molar-refractivity contribution in [2.24, 2.45) is 0 Å². The van der Waals surface area contributed by atoms with Gasteiger partial charge in [-0.2, -0.15) is 0 Å². The van der Waals surface area contributed by atoms with Gasteiger partial charge >= 0.3 is 0 Å². The number of rotatable bonds is 7. The molecule has 2 heterocycles. The van der Waals surface area contributed by atoms with Gasteiger partial charge in [0.25, 0.3) is 0 Å². The number of carbonyl (C=O) groups excluding carboxylic acids is 2. The average Bonchev–Trinajstić information content (AvgIpc) is 3.11. The first kappa shape index (κ1) is 17.6. The normalized spacial score (nSPS) is 13.8. The summed E-state index contributed by atoms with van der Waals surface area (Å²) in [5.74, 6) is 0.0766. The molecule has 5 heteroatoms. The molecule has 0 saturated carbocycles. The number of aryl methyl sites for hydroxylation is 1.